The summed E-state index contributed by atoms with van der Waals surface area (Å²) in [5.74, 6) is -0.0144. The molecule has 0 spiro atoms. The van der Waals surface area contributed by atoms with Gasteiger partial charge in [-0.05, 0) is 30.0 Å². The molecule has 5 heteroatoms. The second-order valence-electron chi connectivity index (χ2n) is 5.45. The Labute approximate surface area is 109 Å². The third-order valence-electron chi connectivity index (χ3n) is 3.49. The van der Waals surface area contributed by atoms with Gasteiger partial charge in [0.15, 0.2) is 5.13 Å². The van der Waals surface area contributed by atoms with Crippen molar-refractivity contribution in [1.29, 1.82) is 0 Å². The summed E-state index contributed by atoms with van der Waals surface area (Å²) in [5, 5.41) is 3.58. The summed E-state index contributed by atoms with van der Waals surface area (Å²) in [4.78, 5) is 16.2. The molecule has 1 unspecified atom stereocenters. The van der Waals surface area contributed by atoms with Crippen LogP contribution in [-0.4, -0.2) is 16.9 Å². The van der Waals surface area contributed by atoms with Crippen molar-refractivity contribution in [3.05, 3.63) is 23.8 Å². The molecule has 1 fully saturated rings. The second kappa shape index (κ2) is 3.68. The van der Waals surface area contributed by atoms with Gasteiger partial charge in [-0.25, -0.2) is 4.98 Å². The topological polar surface area (TPSA) is 68.0 Å². The maximum atomic E-state index is 12.1. The van der Waals surface area contributed by atoms with E-state index in [1.165, 1.54) is 11.3 Å². The van der Waals surface area contributed by atoms with Gasteiger partial charge in [0.2, 0.25) is 0 Å². The molecular formula is C13H15N3OS. The first kappa shape index (κ1) is 11.5. The SMILES string of the molecule is CC1(C)CC1NC(=O)c1ccc2nc(N)sc2c1. The van der Waals surface area contributed by atoms with Gasteiger partial charge in [-0.2, -0.15) is 0 Å². The van der Waals surface area contributed by atoms with E-state index < -0.39 is 0 Å². The zero-order valence-electron chi connectivity index (χ0n) is 10.4. The van der Waals surface area contributed by atoms with E-state index in [0.29, 0.717) is 16.7 Å². The number of hydrogen-bond donors (Lipinski definition) is 2. The van der Waals surface area contributed by atoms with Crippen molar-refractivity contribution in [3.63, 3.8) is 0 Å². The summed E-state index contributed by atoms with van der Waals surface area (Å²) in [6, 6.07) is 5.79. The van der Waals surface area contributed by atoms with Gasteiger partial charge in [0, 0.05) is 11.6 Å². The van der Waals surface area contributed by atoms with E-state index in [0.717, 1.165) is 16.6 Å². The number of aromatic nitrogens is 1. The van der Waals surface area contributed by atoms with Crippen LogP contribution in [-0.2, 0) is 0 Å². The number of rotatable bonds is 2. The molecule has 0 saturated heterocycles. The van der Waals surface area contributed by atoms with Crippen LogP contribution in [0.3, 0.4) is 0 Å². The van der Waals surface area contributed by atoms with E-state index >= 15 is 0 Å². The quantitative estimate of drug-likeness (QED) is 0.872. The number of nitrogen functional groups attached to an aromatic ring is 1. The number of hydrogen-bond acceptors (Lipinski definition) is 4. The Bertz CT molecular complexity index is 632. The molecule has 2 aromatic rings. The van der Waals surface area contributed by atoms with Gasteiger partial charge < -0.3 is 11.1 Å². The van der Waals surface area contributed by atoms with Crippen molar-refractivity contribution in [2.45, 2.75) is 26.3 Å². The molecule has 0 bridgehead atoms. The third-order valence-corrected chi connectivity index (χ3v) is 4.33. The lowest BCUT2D eigenvalue weighted by atomic mass is 10.1. The van der Waals surface area contributed by atoms with Gasteiger partial charge in [0.05, 0.1) is 10.2 Å². The van der Waals surface area contributed by atoms with Crippen LogP contribution in [0.1, 0.15) is 30.6 Å². The average Bonchev–Trinajstić information content (AvgIpc) is 2.71. The van der Waals surface area contributed by atoms with Crippen LogP contribution in [0.25, 0.3) is 10.2 Å². The number of nitrogens with zero attached hydrogens (tertiary/aromatic N) is 1. The number of thiazole rings is 1. The predicted molar refractivity (Wildman–Crippen MR) is 73.7 cm³/mol. The van der Waals surface area contributed by atoms with Crippen LogP contribution in [0.15, 0.2) is 18.2 Å². The van der Waals surface area contributed by atoms with Gasteiger partial charge in [-0.1, -0.05) is 25.2 Å². The highest BCUT2D eigenvalue weighted by Crippen LogP contribution is 2.44. The predicted octanol–water partition coefficient (Wildman–Crippen LogP) is 2.41. The summed E-state index contributed by atoms with van der Waals surface area (Å²) in [7, 11) is 0. The molecule has 1 aromatic heterocycles. The molecule has 4 nitrogen and oxygen atoms in total. The second-order valence-corrected chi connectivity index (χ2v) is 6.52. The van der Waals surface area contributed by atoms with Gasteiger partial charge in [0.25, 0.3) is 5.91 Å². The minimum absolute atomic E-state index is 0.0144. The van der Waals surface area contributed by atoms with Crippen molar-refractivity contribution in [1.82, 2.24) is 10.3 Å². The first-order valence-corrected chi connectivity index (χ1v) is 6.74. The monoisotopic (exact) mass is 261 g/mol. The number of amides is 1. The fourth-order valence-electron chi connectivity index (χ4n) is 2.04. The average molecular weight is 261 g/mol. The van der Waals surface area contributed by atoms with Gasteiger partial charge >= 0.3 is 0 Å². The van der Waals surface area contributed by atoms with Gasteiger partial charge in [-0.3, -0.25) is 4.79 Å². The molecule has 1 aliphatic rings. The summed E-state index contributed by atoms with van der Waals surface area (Å²) >= 11 is 1.40. The molecular weight excluding hydrogens is 246 g/mol. The Morgan fingerprint density at radius 2 is 2.28 bits per heavy atom. The minimum Gasteiger partial charge on any atom is -0.375 e. The fraction of sp³-hybridized carbons (Fsp3) is 0.385. The van der Waals surface area contributed by atoms with Crippen LogP contribution in [0.5, 0.6) is 0 Å². The molecule has 1 saturated carbocycles. The Balaban J connectivity index is 1.83. The number of fused-ring (bicyclic) bond motifs is 1. The number of nitrogens with two attached hydrogens (primary N) is 1. The van der Waals surface area contributed by atoms with Crippen molar-refractivity contribution in [2.75, 3.05) is 5.73 Å². The van der Waals surface area contributed by atoms with Crippen LogP contribution >= 0.6 is 11.3 Å². The largest absolute Gasteiger partial charge is 0.375 e. The lowest BCUT2D eigenvalue weighted by Crippen LogP contribution is -2.28. The lowest BCUT2D eigenvalue weighted by molar-refractivity contribution is 0.0946. The number of anilines is 1. The summed E-state index contributed by atoms with van der Waals surface area (Å²) < 4.78 is 0.954. The molecule has 1 aliphatic carbocycles. The van der Waals surface area contributed by atoms with Crippen LogP contribution in [0.4, 0.5) is 5.13 Å². The van der Waals surface area contributed by atoms with E-state index in [1.54, 1.807) is 6.07 Å². The smallest absolute Gasteiger partial charge is 0.251 e. The molecule has 94 valence electrons. The van der Waals surface area contributed by atoms with Crippen LogP contribution in [0.2, 0.25) is 0 Å². The van der Waals surface area contributed by atoms with Gasteiger partial charge in [0.1, 0.15) is 0 Å². The van der Waals surface area contributed by atoms with Gasteiger partial charge in [-0.15, -0.1) is 0 Å². The van der Waals surface area contributed by atoms with Crippen LogP contribution in [0, 0.1) is 5.41 Å². The Morgan fingerprint density at radius 1 is 1.56 bits per heavy atom. The highest BCUT2D eigenvalue weighted by molar-refractivity contribution is 7.22. The van der Waals surface area contributed by atoms with Crippen molar-refractivity contribution < 1.29 is 4.79 Å². The maximum Gasteiger partial charge on any atom is 0.251 e. The first-order valence-electron chi connectivity index (χ1n) is 5.93. The molecule has 0 radical (unpaired) electrons. The molecule has 0 aliphatic heterocycles. The molecule has 1 amide bonds. The standard InChI is InChI=1S/C13H15N3OS/c1-13(2)6-10(13)16-11(17)7-3-4-8-9(5-7)18-12(14)15-8/h3-5,10H,6H2,1-2H3,(H2,14,15)(H,16,17). The number of carbonyl (C=O) groups is 1. The number of benzene rings is 1. The van der Waals surface area contributed by atoms with E-state index in [2.05, 4.69) is 24.1 Å². The van der Waals surface area contributed by atoms with E-state index in [9.17, 15) is 4.79 Å². The van der Waals surface area contributed by atoms with E-state index in [1.807, 2.05) is 12.1 Å². The Kier molecular flexibility index (Phi) is 2.35. The summed E-state index contributed by atoms with van der Waals surface area (Å²) in [6.07, 6.45) is 1.05. The normalized spacial score (nSPS) is 20.9. The maximum absolute atomic E-state index is 12.1. The van der Waals surface area contributed by atoms with Crippen LogP contribution < -0.4 is 11.1 Å². The molecule has 18 heavy (non-hydrogen) atoms. The number of carbonyl (C=O) groups excluding carboxylic acids is 1. The van der Waals surface area contributed by atoms with E-state index in [-0.39, 0.29) is 11.3 Å². The molecule has 3 N–H and O–H groups in total. The third kappa shape index (κ3) is 1.95. The summed E-state index contributed by atoms with van der Waals surface area (Å²) in [5.41, 5.74) is 7.42. The fourth-order valence-corrected chi connectivity index (χ4v) is 2.81. The Hall–Kier alpha value is -1.62. The number of nitrogens with one attached hydrogen (secondary N) is 1. The highest BCUT2D eigenvalue weighted by Gasteiger charge is 2.46. The zero-order chi connectivity index (χ0) is 12.9. The minimum atomic E-state index is -0.0144. The van der Waals surface area contributed by atoms with E-state index in [4.69, 9.17) is 5.73 Å². The molecule has 3 rings (SSSR count). The molecule has 1 atom stereocenters. The highest BCUT2D eigenvalue weighted by atomic mass is 32.1. The van der Waals surface area contributed by atoms with Crippen molar-refractivity contribution >= 4 is 32.6 Å². The lowest BCUT2D eigenvalue weighted by Gasteiger charge is -2.06. The molecule has 1 aromatic carbocycles. The zero-order valence-corrected chi connectivity index (χ0v) is 11.2. The van der Waals surface area contributed by atoms with Crippen molar-refractivity contribution in [3.8, 4) is 0 Å². The first-order chi connectivity index (χ1) is 8.45. The Morgan fingerprint density at radius 3 is 2.94 bits per heavy atom. The summed E-state index contributed by atoms with van der Waals surface area (Å²) in [6.45, 7) is 4.32. The van der Waals surface area contributed by atoms with Crippen molar-refractivity contribution in [2.24, 2.45) is 5.41 Å². The molecule has 1 heterocycles.